The summed E-state index contributed by atoms with van der Waals surface area (Å²) in [6, 6.07) is 9.06. The molecule has 1 aliphatic heterocycles. The zero-order chi connectivity index (χ0) is 18.5. The lowest BCUT2D eigenvalue weighted by Crippen LogP contribution is -2.47. The molecule has 1 fully saturated rings. The van der Waals surface area contributed by atoms with Crippen molar-refractivity contribution in [1.29, 1.82) is 0 Å². The van der Waals surface area contributed by atoms with Gasteiger partial charge < -0.3 is 15.1 Å². The van der Waals surface area contributed by atoms with Crippen molar-refractivity contribution in [2.45, 2.75) is 0 Å². The van der Waals surface area contributed by atoms with Crippen molar-refractivity contribution >= 4 is 23.4 Å². The summed E-state index contributed by atoms with van der Waals surface area (Å²) in [5.74, 6) is 1.45. The van der Waals surface area contributed by atoms with E-state index >= 15 is 0 Å². The second kappa shape index (κ2) is 7.77. The Labute approximate surface area is 156 Å². The Hall–Kier alpha value is -3.55. The zero-order valence-electron chi connectivity index (χ0n) is 14.7. The largest absolute Gasteiger partial charge is 0.353 e. The molecule has 0 atom stereocenters. The summed E-state index contributed by atoms with van der Waals surface area (Å²) in [6.07, 6.45) is 8.36. The van der Waals surface area contributed by atoms with E-state index in [1.165, 1.54) is 6.20 Å². The van der Waals surface area contributed by atoms with Gasteiger partial charge in [0.2, 0.25) is 5.95 Å². The Bertz CT molecular complexity index is 879. The zero-order valence-corrected chi connectivity index (χ0v) is 14.7. The molecule has 0 radical (unpaired) electrons. The highest BCUT2D eigenvalue weighted by Gasteiger charge is 2.19. The van der Waals surface area contributed by atoms with Gasteiger partial charge in [-0.2, -0.15) is 0 Å². The van der Waals surface area contributed by atoms with E-state index in [9.17, 15) is 4.79 Å². The van der Waals surface area contributed by atoms with E-state index in [1.807, 2.05) is 18.2 Å². The van der Waals surface area contributed by atoms with E-state index in [2.05, 4.69) is 35.1 Å². The van der Waals surface area contributed by atoms with E-state index in [1.54, 1.807) is 36.9 Å². The molecular weight excluding hydrogens is 342 g/mol. The molecular formula is C19H19N7O. The lowest BCUT2D eigenvalue weighted by molar-refractivity contribution is 0.102. The van der Waals surface area contributed by atoms with Gasteiger partial charge in [0.05, 0.1) is 17.4 Å². The third-order valence-corrected chi connectivity index (χ3v) is 4.37. The monoisotopic (exact) mass is 361 g/mol. The van der Waals surface area contributed by atoms with E-state index in [-0.39, 0.29) is 5.91 Å². The highest BCUT2D eigenvalue weighted by Crippen LogP contribution is 2.18. The minimum atomic E-state index is -0.200. The topological polar surface area (TPSA) is 87.1 Å². The summed E-state index contributed by atoms with van der Waals surface area (Å²) in [4.78, 5) is 33.6. The van der Waals surface area contributed by atoms with Crippen LogP contribution in [0.2, 0.25) is 0 Å². The summed E-state index contributed by atoms with van der Waals surface area (Å²) in [5, 5.41) is 2.83. The third kappa shape index (κ3) is 4.00. The van der Waals surface area contributed by atoms with E-state index in [4.69, 9.17) is 0 Å². The predicted molar refractivity (Wildman–Crippen MR) is 103 cm³/mol. The Balaban J connectivity index is 1.35. The summed E-state index contributed by atoms with van der Waals surface area (Å²) >= 11 is 0. The number of amides is 1. The number of piperazine rings is 1. The molecule has 1 N–H and O–H groups in total. The maximum Gasteiger partial charge on any atom is 0.257 e. The van der Waals surface area contributed by atoms with Gasteiger partial charge in [0.15, 0.2) is 0 Å². The fourth-order valence-electron chi connectivity index (χ4n) is 2.94. The highest BCUT2D eigenvalue weighted by atomic mass is 16.1. The second-order valence-electron chi connectivity index (χ2n) is 6.12. The van der Waals surface area contributed by atoms with Gasteiger partial charge in [-0.05, 0) is 30.3 Å². The van der Waals surface area contributed by atoms with Crippen molar-refractivity contribution in [3.8, 4) is 0 Å². The normalized spacial score (nSPS) is 14.1. The molecule has 1 amide bonds. The van der Waals surface area contributed by atoms with Crippen LogP contribution in [-0.4, -0.2) is 52.0 Å². The fourth-order valence-corrected chi connectivity index (χ4v) is 2.94. The summed E-state index contributed by atoms with van der Waals surface area (Å²) in [5.41, 5.74) is 1.17. The molecule has 0 aromatic carbocycles. The number of carbonyl (C=O) groups is 1. The first-order valence-corrected chi connectivity index (χ1v) is 8.74. The molecule has 0 bridgehead atoms. The number of pyridine rings is 2. The molecule has 0 unspecified atom stereocenters. The van der Waals surface area contributed by atoms with Gasteiger partial charge in [-0.3, -0.25) is 9.78 Å². The molecule has 0 spiro atoms. The predicted octanol–water partition coefficient (Wildman–Crippen LogP) is 1.85. The smallest absolute Gasteiger partial charge is 0.257 e. The van der Waals surface area contributed by atoms with Crippen molar-refractivity contribution in [2.24, 2.45) is 0 Å². The van der Waals surface area contributed by atoms with Gasteiger partial charge in [-0.1, -0.05) is 0 Å². The molecule has 4 rings (SSSR count). The Morgan fingerprint density at radius 1 is 0.852 bits per heavy atom. The minimum Gasteiger partial charge on any atom is -0.353 e. The van der Waals surface area contributed by atoms with Crippen LogP contribution in [0, 0.1) is 0 Å². The molecule has 3 aromatic rings. The molecule has 27 heavy (non-hydrogen) atoms. The maximum absolute atomic E-state index is 12.2. The lowest BCUT2D eigenvalue weighted by Gasteiger charge is -2.35. The Morgan fingerprint density at radius 3 is 2.30 bits per heavy atom. The van der Waals surface area contributed by atoms with Crippen LogP contribution >= 0.6 is 0 Å². The number of rotatable bonds is 4. The number of nitrogens with zero attached hydrogens (tertiary/aromatic N) is 6. The first-order valence-electron chi connectivity index (χ1n) is 8.74. The molecule has 8 heteroatoms. The van der Waals surface area contributed by atoms with E-state index < -0.39 is 0 Å². The van der Waals surface area contributed by atoms with Crippen LogP contribution in [0.4, 0.5) is 17.5 Å². The Morgan fingerprint density at radius 2 is 1.63 bits per heavy atom. The van der Waals surface area contributed by atoms with Crippen LogP contribution in [0.5, 0.6) is 0 Å². The quantitative estimate of drug-likeness (QED) is 0.759. The lowest BCUT2D eigenvalue weighted by atomic mass is 10.2. The molecule has 8 nitrogen and oxygen atoms in total. The minimum absolute atomic E-state index is 0.200. The van der Waals surface area contributed by atoms with E-state index in [0.717, 1.165) is 37.9 Å². The van der Waals surface area contributed by atoms with Gasteiger partial charge in [-0.25, -0.2) is 15.0 Å². The van der Waals surface area contributed by atoms with Gasteiger partial charge in [0.1, 0.15) is 5.82 Å². The van der Waals surface area contributed by atoms with Crippen molar-refractivity contribution in [3.63, 3.8) is 0 Å². The van der Waals surface area contributed by atoms with Crippen molar-refractivity contribution in [3.05, 3.63) is 66.9 Å². The molecule has 3 aromatic heterocycles. The van der Waals surface area contributed by atoms with Crippen LogP contribution in [0.15, 0.2) is 61.3 Å². The van der Waals surface area contributed by atoms with E-state index in [0.29, 0.717) is 11.3 Å². The van der Waals surface area contributed by atoms with Crippen LogP contribution < -0.4 is 15.1 Å². The first-order chi connectivity index (χ1) is 13.3. The molecule has 0 aliphatic carbocycles. The van der Waals surface area contributed by atoms with Crippen molar-refractivity contribution in [2.75, 3.05) is 41.3 Å². The fraction of sp³-hybridized carbons (Fsp3) is 0.211. The average Bonchev–Trinajstić information content (AvgIpc) is 2.76. The number of hydrogen-bond acceptors (Lipinski definition) is 7. The van der Waals surface area contributed by atoms with Gasteiger partial charge >= 0.3 is 0 Å². The highest BCUT2D eigenvalue weighted by molar-refractivity contribution is 6.03. The average molecular weight is 361 g/mol. The summed E-state index contributed by atoms with van der Waals surface area (Å²) < 4.78 is 0. The molecule has 4 heterocycles. The van der Waals surface area contributed by atoms with Crippen molar-refractivity contribution in [1.82, 2.24) is 19.9 Å². The number of hydrogen-bond donors (Lipinski definition) is 1. The standard InChI is InChI=1S/C19H19N7O/c27-18(15-3-1-6-20-13-15)24-16-4-5-17(23-14-16)25-9-11-26(12-10-25)19-21-7-2-8-22-19/h1-8,13-14H,9-12H2,(H,24,27). The molecule has 1 saturated heterocycles. The van der Waals surface area contributed by atoms with Gasteiger partial charge in [0.25, 0.3) is 5.91 Å². The van der Waals surface area contributed by atoms with Crippen molar-refractivity contribution < 1.29 is 4.79 Å². The first kappa shape index (κ1) is 16.9. The SMILES string of the molecule is O=C(Nc1ccc(N2CCN(c3ncccn3)CC2)nc1)c1cccnc1. The molecule has 1 aliphatic rings. The van der Waals surface area contributed by atoms with Gasteiger partial charge in [0, 0.05) is 51.0 Å². The number of aromatic nitrogens is 4. The third-order valence-electron chi connectivity index (χ3n) is 4.37. The van der Waals surface area contributed by atoms with Gasteiger partial charge in [-0.15, -0.1) is 0 Å². The summed E-state index contributed by atoms with van der Waals surface area (Å²) in [6.45, 7) is 3.36. The van der Waals surface area contributed by atoms with Crippen LogP contribution in [0.1, 0.15) is 10.4 Å². The second-order valence-corrected chi connectivity index (χ2v) is 6.12. The number of carbonyl (C=O) groups excluding carboxylic acids is 1. The molecule has 0 saturated carbocycles. The maximum atomic E-state index is 12.2. The van der Waals surface area contributed by atoms with Crippen LogP contribution in [-0.2, 0) is 0 Å². The number of anilines is 3. The Kier molecular flexibility index (Phi) is 4.86. The number of nitrogens with one attached hydrogen (secondary N) is 1. The summed E-state index contributed by atoms with van der Waals surface area (Å²) in [7, 11) is 0. The molecule has 136 valence electrons. The van der Waals surface area contributed by atoms with Crippen LogP contribution in [0.3, 0.4) is 0 Å². The van der Waals surface area contributed by atoms with Crippen LogP contribution in [0.25, 0.3) is 0 Å².